The van der Waals surface area contributed by atoms with Crippen molar-refractivity contribution in [2.24, 2.45) is 5.73 Å². The Morgan fingerprint density at radius 3 is 2.77 bits per heavy atom. The van der Waals surface area contributed by atoms with Crippen LogP contribution in [0.4, 0.5) is 0 Å². The molecule has 0 aliphatic heterocycles. The third-order valence-corrected chi connectivity index (χ3v) is 2.22. The topological polar surface area (TPSA) is 75.3 Å². The van der Waals surface area contributed by atoms with Crippen LogP contribution in [0.15, 0.2) is 0 Å². The van der Waals surface area contributed by atoms with Gasteiger partial charge >= 0.3 is 0 Å². The molecule has 1 aliphatic rings. The molecule has 1 rings (SSSR count). The maximum absolute atomic E-state index is 11.3. The maximum atomic E-state index is 11.3. The Labute approximate surface area is 78.5 Å². The van der Waals surface area contributed by atoms with E-state index in [4.69, 9.17) is 5.73 Å². The van der Waals surface area contributed by atoms with Gasteiger partial charge < -0.3 is 16.2 Å². The first kappa shape index (κ1) is 10.5. The summed E-state index contributed by atoms with van der Waals surface area (Å²) in [4.78, 5) is 11.3. The standard InChI is InChI=1S/C9H18N2O2/c1-2-3-7(10)8(12)9(13)11-6-4-5-6/h6-8,12H,2-5,10H2,1H3,(H,11,13)/t7-,8+/m1/s1. The van der Waals surface area contributed by atoms with Gasteiger partial charge in [-0.3, -0.25) is 4.79 Å². The Balaban J connectivity index is 2.26. The van der Waals surface area contributed by atoms with E-state index in [2.05, 4.69) is 5.32 Å². The van der Waals surface area contributed by atoms with Crippen molar-refractivity contribution in [3.05, 3.63) is 0 Å². The van der Waals surface area contributed by atoms with Crippen molar-refractivity contribution in [3.8, 4) is 0 Å². The summed E-state index contributed by atoms with van der Waals surface area (Å²) in [5.41, 5.74) is 5.61. The zero-order chi connectivity index (χ0) is 9.84. The van der Waals surface area contributed by atoms with Gasteiger partial charge in [0.15, 0.2) is 0 Å². The Hall–Kier alpha value is -0.610. The van der Waals surface area contributed by atoms with Crippen molar-refractivity contribution in [2.45, 2.75) is 50.8 Å². The lowest BCUT2D eigenvalue weighted by molar-refractivity contribution is -0.130. The average molecular weight is 186 g/mol. The van der Waals surface area contributed by atoms with Gasteiger partial charge in [-0.05, 0) is 19.3 Å². The molecule has 0 aromatic rings. The van der Waals surface area contributed by atoms with Crippen LogP contribution in [0.5, 0.6) is 0 Å². The summed E-state index contributed by atoms with van der Waals surface area (Å²) < 4.78 is 0. The second kappa shape index (κ2) is 4.58. The van der Waals surface area contributed by atoms with Gasteiger partial charge in [0.25, 0.3) is 5.91 Å². The fourth-order valence-electron chi connectivity index (χ4n) is 1.20. The zero-order valence-electron chi connectivity index (χ0n) is 7.99. The van der Waals surface area contributed by atoms with Crippen LogP contribution in [0.25, 0.3) is 0 Å². The van der Waals surface area contributed by atoms with Crippen molar-refractivity contribution in [3.63, 3.8) is 0 Å². The minimum Gasteiger partial charge on any atom is -0.382 e. The number of carbonyl (C=O) groups excluding carboxylic acids is 1. The third-order valence-electron chi connectivity index (χ3n) is 2.22. The Morgan fingerprint density at radius 1 is 1.69 bits per heavy atom. The van der Waals surface area contributed by atoms with Crippen LogP contribution in [-0.4, -0.2) is 29.2 Å². The fraction of sp³-hybridized carbons (Fsp3) is 0.889. The second-order valence-electron chi connectivity index (χ2n) is 3.68. The van der Waals surface area contributed by atoms with Crippen LogP contribution in [0.3, 0.4) is 0 Å². The van der Waals surface area contributed by atoms with Crippen molar-refractivity contribution in [1.29, 1.82) is 0 Å². The fourth-order valence-corrected chi connectivity index (χ4v) is 1.20. The number of nitrogens with one attached hydrogen (secondary N) is 1. The van der Waals surface area contributed by atoms with Crippen LogP contribution in [0.1, 0.15) is 32.6 Å². The van der Waals surface area contributed by atoms with E-state index in [-0.39, 0.29) is 11.9 Å². The van der Waals surface area contributed by atoms with E-state index in [0.717, 1.165) is 19.3 Å². The van der Waals surface area contributed by atoms with Gasteiger partial charge in [0.1, 0.15) is 6.10 Å². The summed E-state index contributed by atoms with van der Waals surface area (Å²) in [6.45, 7) is 1.98. The lowest BCUT2D eigenvalue weighted by atomic mass is 10.1. The number of nitrogens with two attached hydrogens (primary N) is 1. The average Bonchev–Trinajstić information content (AvgIpc) is 2.87. The minimum absolute atomic E-state index is 0.288. The molecule has 0 heterocycles. The molecule has 0 aromatic carbocycles. The molecular formula is C9H18N2O2. The second-order valence-corrected chi connectivity index (χ2v) is 3.68. The molecular weight excluding hydrogens is 168 g/mol. The highest BCUT2D eigenvalue weighted by Gasteiger charge is 2.28. The number of hydrogen-bond donors (Lipinski definition) is 3. The summed E-state index contributed by atoms with van der Waals surface area (Å²) in [5, 5.41) is 12.2. The lowest BCUT2D eigenvalue weighted by Crippen LogP contribution is -2.46. The quantitative estimate of drug-likeness (QED) is 0.554. The lowest BCUT2D eigenvalue weighted by Gasteiger charge is -2.17. The number of amides is 1. The summed E-state index contributed by atoms with van der Waals surface area (Å²) in [6, 6.07) is -0.139. The van der Waals surface area contributed by atoms with Crippen molar-refractivity contribution in [2.75, 3.05) is 0 Å². The van der Waals surface area contributed by atoms with E-state index >= 15 is 0 Å². The van der Waals surface area contributed by atoms with Gasteiger partial charge in [0.2, 0.25) is 0 Å². The van der Waals surface area contributed by atoms with E-state index in [1.54, 1.807) is 0 Å². The smallest absolute Gasteiger partial charge is 0.250 e. The van der Waals surface area contributed by atoms with Crippen LogP contribution in [-0.2, 0) is 4.79 Å². The van der Waals surface area contributed by atoms with Crippen molar-refractivity contribution >= 4 is 5.91 Å². The van der Waals surface area contributed by atoms with E-state index in [1.165, 1.54) is 0 Å². The molecule has 0 aromatic heterocycles. The van der Waals surface area contributed by atoms with E-state index in [9.17, 15) is 9.90 Å². The Kier molecular flexibility index (Phi) is 3.69. The predicted octanol–water partition coefficient (Wildman–Crippen LogP) is -0.247. The van der Waals surface area contributed by atoms with Crippen LogP contribution in [0.2, 0.25) is 0 Å². The Bertz CT molecular complexity index is 180. The normalized spacial score (nSPS) is 20.8. The number of hydrogen-bond acceptors (Lipinski definition) is 3. The highest BCUT2D eigenvalue weighted by molar-refractivity contribution is 5.81. The zero-order valence-corrected chi connectivity index (χ0v) is 7.99. The number of aliphatic hydroxyl groups is 1. The summed E-state index contributed by atoms with van der Waals surface area (Å²) >= 11 is 0. The molecule has 4 heteroatoms. The first-order chi connectivity index (χ1) is 6.15. The molecule has 0 spiro atoms. The monoisotopic (exact) mass is 186 g/mol. The molecule has 4 nitrogen and oxygen atoms in total. The molecule has 2 atom stereocenters. The SMILES string of the molecule is CCC[C@@H](N)[C@H](O)C(=O)NC1CC1. The van der Waals surface area contributed by atoms with Crippen molar-refractivity contribution < 1.29 is 9.90 Å². The molecule has 0 unspecified atom stereocenters. The van der Waals surface area contributed by atoms with Crippen LogP contribution in [0, 0.1) is 0 Å². The predicted molar refractivity (Wildman–Crippen MR) is 50.1 cm³/mol. The number of rotatable bonds is 5. The molecule has 1 saturated carbocycles. The minimum atomic E-state index is -1.04. The Morgan fingerprint density at radius 2 is 2.31 bits per heavy atom. The molecule has 13 heavy (non-hydrogen) atoms. The number of aliphatic hydroxyl groups excluding tert-OH is 1. The van der Waals surface area contributed by atoms with E-state index in [1.807, 2.05) is 6.92 Å². The summed E-state index contributed by atoms with van der Waals surface area (Å²) in [7, 11) is 0. The maximum Gasteiger partial charge on any atom is 0.250 e. The molecule has 1 aliphatic carbocycles. The van der Waals surface area contributed by atoms with Gasteiger partial charge in [-0.2, -0.15) is 0 Å². The molecule has 4 N–H and O–H groups in total. The van der Waals surface area contributed by atoms with Gasteiger partial charge in [-0.15, -0.1) is 0 Å². The first-order valence-electron chi connectivity index (χ1n) is 4.89. The van der Waals surface area contributed by atoms with E-state index < -0.39 is 12.1 Å². The molecule has 0 bridgehead atoms. The van der Waals surface area contributed by atoms with Crippen LogP contribution >= 0.6 is 0 Å². The van der Waals surface area contributed by atoms with Gasteiger partial charge in [0, 0.05) is 12.1 Å². The molecule has 1 fully saturated rings. The van der Waals surface area contributed by atoms with E-state index in [0.29, 0.717) is 6.42 Å². The molecule has 0 saturated heterocycles. The van der Waals surface area contributed by atoms with Gasteiger partial charge in [0.05, 0.1) is 0 Å². The largest absolute Gasteiger partial charge is 0.382 e. The first-order valence-corrected chi connectivity index (χ1v) is 4.89. The highest BCUT2D eigenvalue weighted by Crippen LogP contribution is 2.18. The van der Waals surface area contributed by atoms with Gasteiger partial charge in [-0.25, -0.2) is 0 Å². The van der Waals surface area contributed by atoms with Gasteiger partial charge in [-0.1, -0.05) is 13.3 Å². The van der Waals surface area contributed by atoms with Crippen LogP contribution < -0.4 is 11.1 Å². The molecule has 76 valence electrons. The highest BCUT2D eigenvalue weighted by atomic mass is 16.3. The third kappa shape index (κ3) is 3.32. The summed E-state index contributed by atoms with van der Waals surface area (Å²) in [6.07, 6.45) is 2.58. The molecule has 1 amide bonds. The number of carbonyl (C=O) groups is 1. The summed E-state index contributed by atoms with van der Waals surface area (Å²) in [5.74, 6) is -0.316. The molecule has 0 radical (unpaired) electrons. The van der Waals surface area contributed by atoms with Crippen molar-refractivity contribution in [1.82, 2.24) is 5.32 Å².